The molecule has 0 N–H and O–H groups in total. The van der Waals surface area contributed by atoms with Gasteiger partial charge in [-0.1, -0.05) is 39.8 Å². The third-order valence-electron chi connectivity index (χ3n) is 3.27. The molecule has 3 nitrogen and oxygen atoms in total. The summed E-state index contributed by atoms with van der Waals surface area (Å²) in [5.41, 5.74) is 0.889. The highest BCUT2D eigenvalue weighted by atomic mass is 16.7. The molecule has 1 atom stereocenters. The molecule has 3 heteroatoms. The van der Waals surface area contributed by atoms with Crippen molar-refractivity contribution >= 4 is 6.16 Å². The molecular weight excluding hydrogens is 252 g/mol. The lowest BCUT2D eigenvalue weighted by atomic mass is 9.78. The van der Waals surface area contributed by atoms with E-state index in [1.54, 1.807) is 0 Å². The maximum absolute atomic E-state index is 11.6. The number of hydrogen-bond acceptors (Lipinski definition) is 3. The fourth-order valence-electron chi connectivity index (χ4n) is 1.69. The van der Waals surface area contributed by atoms with Crippen molar-refractivity contribution in [3.63, 3.8) is 0 Å². The number of ether oxygens (including phenoxy) is 2. The van der Waals surface area contributed by atoms with Gasteiger partial charge in [0.1, 0.15) is 11.4 Å². The molecule has 0 amide bonds. The molecule has 0 saturated heterocycles. The molecule has 0 bridgehead atoms. The Morgan fingerprint density at radius 2 is 1.50 bits per heavy atom. The van der Waals surface area contributed by atoms with Gasteiger partial charge in [-0.15, -0.1) is 0 Å². The zero-order chi connectivity index (χ0) is 15.6. The number of benzene rings is 1. The van der Waals surface area contributed by atoms with Crippen molar-refractivity contribution in [1.29, 1.82) is 0 Å². The Balaban J connectivity index is 2.70. The van der Waals surface area contributed by atoms with Crippen molar-refractivity contribution in [2.45, 2.75) is 60.0 Å². The van der Waals surface area contributed by atoms with Crippen LogP contribution in [-0.4, -0.2) is 11.8 Å². The minimum Gasteiger partial charge on any atom is -0.428 e. The predicted molar refractivity (Wildman–Crippen MR) is 81.2 cm³/mol. The maximum atomic E-state index is 11.6. The maximum Gasteiger partial charge on any atom is 0.514 e. The van der Waals surface area contributed by atoms with E-state index in [-0.39, 0.29) is 5.41 Å². The molecule has 20 heavy (non-hydrogen) atoms. The second kappa shape index (κ2) is 5.86. The first-order valence-electron chi connectivity index (χ1n) is 7.00. The van der Waals surface area contributed by atoms with E-state index in [1.807, 2.05) is 45.0 Å². The molecule has 0 spiro atoms. The summed E-state index contributed by atoms with van der Waals surface area (Å²) in [7, 11) is 0. The van der Waals surface area contributed by atoms with Gasteiger partial charge in [-0.2, -0.15) is 0 Å². The second-order valence-corrected chi connectivity index (χ2v) is 7.22. The quantitative estimate of drug-likeness (QED) is 0.554. The van der Waals surface area contributed by atoms with E-state index in [0.29, 0.717) is 11.7 Å². The second-order valence-electron chi connectivity index (χ2n) is 7.22. The summed E-state index contributed by atoms with van der Waals surface area (Å²) in [4.78, 5) is 11.6. The van der Waals surface area contributed by atoms with E-state index in [1.165, 1.54) is 5.56 Å². The van der Waals surface area contributed by atoms with E-state index in [0.717, 1.165) is 0 Å². The van der Waals surface area contributed by atoms with Crippen molar-refractivity contribution in [2.24, 2.45) is 5.41 Å². The number of carbonyl (C=O) groups excluding carboxylic acids is 1. The molecule has 0 heterocycles. The van der Waals surface area contributed by atoms with Crippen molar-refractivity contribution in [3.8, 4) is 5.75 Å². The molecule has 0 fully saturated rings. The summed E-state index contributed by atoms with van der Waals surface area (Å²) in [6.45, 7) is 14.3. The van der Waals surface area contributed by atoms with Crippen LogP contribution >= 0.6 is 0 Å². The van der Waals surface area contributed by atoms with Crippen LogP contribution < -0.4 is 4.74 Å². The Morgan fingerprint density at radius 1 is 1.00 bits per heavy atom. The van der Waals surface area contributed by atoms with Gasteiger partial charge in [0.2, 0.25) is 0 Å². The van der Waals surface area contributed by atoms with Crippen molar-refractivity contribution in [3.05, 3.63) is 29.8 Å². The SMILES string of the molecule is CC(c1ccc(OC(=O)OC(C)(C)C)cc1)C(C)(C)C. The summed E-state index contributed by atoms with van der Waals surface area (Å²) in [5, 5.41) is 0. The normalized spacial score (nSPS) is 13.8. The van der Waals surface area contributed by atoms with Gasteiger partial charge in [0, 0.05) is 0 Å². The monoisotopic (exact) mass is 278 g/mol. The number of hydrogen-bond donors (Lipinski definition) is 0. The van der Waals surface area contributed by atoms with Crippen LogP contribution in [0.5, 0.6) is 5.75 Å². The molecule has 0 radical (unpaired) electrons. The smallest absolute Gasteiger partial charge is 0.428 e. The van der Waals surface area contributed by atoms with Crippen LogP contribution in [0.25, 0.3) is 0 Å². The molecule has 1 rings (SSSR count). The molecule has 0 saturated carbocycles. The summed E-state index contributed by atoms with van der Waals surface area (Å²) < 4.78 is 10.3. The highest BCUT2D eigenvalue weighted by Crippen LogP contribution is 2.34. The van der Waals surface area contributed by atoms with E-state index < -0.39 is 11.8 Å². The molecule has 1 aromatic carbocycles. The number of carbonyl (C=O) groups is 1. The molecule has 112 valence electrons. The van der Waals surface area contributed by atoms with Gasteiger partial charge in [-0.25, -0.2) is 4.79 Å². The highest BCUT2D eigenvalue weighted by molar-refractivity contribution is 5.64. The first-order valence-corrected chi connectivity index (χ1v) is 7.00. The largest absolute Gasteiger partial charge is 0.514 e. The zero-order valence-corrected chi connectivity index (χ0v) is 13.6. The Kier molecular flexibility index (Phi) is 4.85. The fourth-order valence-corrected chi connectivity index (χ4v) is 1.69. The van der Waals surface area contributed by atoms with Gasteiger partial charge in [-0.3, -0.25) is 0 Å². The molecule has 1 aromatic rings. The van der Waals surface area contributed by atoms with E-state index in [2.05, 4.69) is 27.7 Å². The van der Waals surface area contributed by atoms with Gasteiger partial charge >= 0.3 is 6.16 Å². The third-order valence-corrected chi connectivity index (χ3v) is 3.27. The predicted octanol–water partition coefficient (Wildman–Crippen LogP) is 5.15. The molecule has 0 aliphatic carbocycles. The Bertz CT molecular complexity index is 447. The van der Waals surface area contributed by atoms with E-state index in [9.17, 15) is 4.79 Å². The summed E-state index contributed by atoms with van der Waals surface area (Å²) >= 11 is 0. The molecule has 0 aliphatic heterocycles. The third kappa shape index (κ3) is 5.24. The Labute approximate surface area is 122 Å². The Hall–Kier alpha value is -1.51. The van der Waals surface area contributed by atoms with Crippen LogP contribution in [0.1, 0.15) is 59.9 Å². The van der Waals surface area contributed by atoms with Crippen molar-refractivity contribution in [2.75, 3.05) is 0 Å². The first-order chi connectivity index (χ1) is 8.99. The van der Waals surface area contributed by atoms with Crippen LogP contribution in [0, 0.1) is 5.41 Å². The van der Waals surface area contributed by atoms with Crippen LogP contribution in [0.4, 0.5) is 4.79 Å². The van der Waals surface area contributed by atoms with Gasteiger partial charge in [0.15, 0.2) is 0 Å². The van der Waals surface area contributed by atoms with Crippen LogP contribution in [0.3, 0.4) is 0 Å². The average molecular weight is 278 g/mol. The fraction of sp³-hybridized carbons (Fsp3) is 0.588. The van der Waals surface area contributed by atoms with Crippen molar-refractivity contribution < 1.29 is 14.3 Å². The lowest BCUT2D eigenvalue weighted by Crippen LogP contribution is -2.26. The van der Waals surface area contributed by atoms with Gasteiger partial charge < -0.3 is 9.47 Å². The lowest BCUT2D eigenvalue weighted by Gasteiger charge is -2.27. The van der Waals surface area contributed by atoms with Crippen molar-refractivity contribution in [1.82, 2.24) is 0 Å². The van der Waals surface area contributed by atoms with Crippen LogP contribution in [0.2, 0.25) is 0 Å². The average Bonchev–Trinajstić information content (AvgIpc) is 2.25. The van der Waals surface area contributed by atoms with E-state index >= 15 is 0 Å². The Morgan fingerprint density at radius 3 is 1.90 bits per heavy atom. The minimum absolute atomic E-state index is 0.202. The standard InChI is InChI=1S/C17H26O3/c1-12(16(2,3)4)13-8-10-14(11-9-13)19-15(18)20-17(5,6)7/h8-12H,1-7H3. The van der Waals surface area contributed by atoms with E-state index in [4.69, 9.17) is 9.47 Å². The summed E-state index contributed by atoms with van der Waals surface area (Å²) in [6.07, 6.45) is -0.672. The topological polar surface area (TPSA) is 35.5 Å². The highest BCUT2D eigenvalue weighted by Gasteiger charge is 2.22. The molecule has 1 unspecified atom stereocenters. The minimum atomic E-state index is -0.672. The zero-order valence-electron chi connectivity index (χ0n) is 13.6. The van der Waals surface area contributed by atoms with Crippen LogP contribution in [-0.2, 0) is 4.74 Å². The molecule has 0 aromatic heterocycles. The lowest BCUT2D eigenvalue weighted by molar-refractivity contribution is 0.0206. The number of rotatable bonds is 2. The summed E-state index contributed by atoms with van der Waals surface area (Å²) in [6, 6.07) is 7.61. The van der Waals surface area contributed by atoms with Gasteiger partial charge in [-0.05, 0) is 49.8 Å². The van der Waals surface area contributed by atoms with Crippen LogP contribution in [0.15, 0.2) is 24.3 Å². The van der Waals surface area contributed by atoms with Gasteiger partial charge in [0.05, 0.1) is 0 Å². The molecular formula is C17H26O3. The summed E-state index contributed by atoms with van der Waals surface area (Å²) in [5.74, 6) is 0.933. The molecule has 0 aliphatic rings. The first kappa shape index (κ1) is 16.5. The van der Waals surface area contributed by atoms with Gasteiger partial charge in [0.25, 0.3) is 0 Å².